The van der Waals surface area contributed by atoms with Gasteiger partial charge in [0.25, 0.3) is 0 Å². The van der Waals surface area contributed by atoms with Crippen LogP contribution >= 0.6 is 11.6 Å². The molecule has 0 saturated heterocycles. The Kier molecular flexibility index (Phi) is 5.52. The molecule has 1 unspecified atom stereocenters. The summed E-state index contributed by atoms with van der Waals surface area (Å²) in [6, 6.07) is 7.50. The number of aliphatic hydroxyl groups excluding tert-OH is 1. The van der Waals surface area contributed by atoms with Crippen LogP contribution in [0.5, 0.6) is 0 Å². The predicted molar refractivity (Wildman–Crippen MR) is 84.5 cm³/mol. The van der Waals surface area contributed by atoms with Crippen LogP contribution in [-0.2, 0) is 0 Å². The zero-order valence-electron chi connectivity index (χ0n) is 12.2. The number of carbonyl (C=O) groups is 1. The number of hydrogen-bond acceptors (Lipinski definition) is 2. The molecule has 4 nitrogen and oxygen atoms in total. The second kappa shape index (κ2) is 7.39. The number of nitrogens with one attached hydrogen (secondary N) is 2. The molecule has 0 radical (unpaired) electrons. The van der Waals surface area contributed by atoms with Gasteiger partial charge in [-0.15, -0.1) is 0 Å². The predicted octanol–water partition coefficient (Wildman–Crippen LogP) is 3.78. The van der Waals surface area contributed by atoms with Gasteiger partial charge in [0, 0.05) is 6.54 Å². The number of aryl methyl sites for hydroxylation is 1. The Balaban J connectivity index is 1.93. The second-order valence-electron chi connectivity index (χ2n) is 5.01. The molecule has 0 aliphatic carbocycles. The number of benzene rings is 2. The highest BCUT2D eigenvalue weighted by molar-refractivity contribution is 6.30. The van der Waals surface area contributed by atoms with Crippen molar-refractivity contribution in [3.05, 3.63) is 64.2 Å². The summed E-state index contributed by atoms with van der Waals surface area (Å²) in [5.41, 5.74) is 1.10. The molecule has 0 saturated carbocycles. The standard InChI is InChI=1S/C16H15ClF2N2O2/c1-9-2-5-12(18)14(6-9)21-16(23)20-8-15(22)10-3-4-11(17)13(19)7-10/h2-7,15,22H,8H2,1H3,(H2,20,21,23). The number of halogens is 3. The first-order valence-electron chi connectivity index (χ1n) is 6.81. The van der Waals surface area contributed by atoms with Crippen LogP contribution < -0.4 is 10.6 Å². The molecule has 0 aliphatic heterocycles. The number of anilines is 1. The average Bonchev–Trinajstić information content (AvgIpc) is 2.51. The topological polar surface area (TPSA) is 61.4 Å². The molecule has 3 N–H and O–H groups in total. The lowest BCUT2D eigenvalue weighted by Crippen LogP contribution is -2.32. The third-order valence-corrected chi connectivity index (χ3v) is 3.46. The third-order valence-electron chi connectivity index (χ3n) is 3.15. The maximum Gasteiger partial charge on any atom is 0.319 e. The van der Waals surface area contributed by atoms with Crippen LogP contribution in [0.2, 0.25) is 5.02 Å². The largest absolute Gasteiger partial charge is 0.387 e. The van der Waals surface area contributed by atoms with E-state index < -0.39 is 23.8 Å². The minimum Gasteiger partial charge on any atom is -0.387 e. The highest BCUT2D eigenvalue weighted by Gasteiger charge is 2.13. The van der Waals surface area contributed by atoms with E-state index in [0.29, 0.717) is 0 Å². The fraction of sp³-hybridized carbons (Fsp3) is 0.188. The first-order valence-corrected chi connectivity index (χ1v) is 7.18. The van der Waals surface area contributed by atoms with Crippen molar-refractivity contribution in [2.45, 2.75) is 13.0 Å². The first-order chi connectivity index (χ1) is 10.9. The second-order valence-corrected chi connectivity index (χ2v) is 5.41. The van der Waals surface area contributed by atoms with Gasteiger partial charge in [-0.3, -0.25) is 0 Å². The summed E-state index contributed by atoms with van der Waals surface area (Å²) < 4.78 is 26.9. The van der Waals surface area contributed by atoms with Crippen molar-refractivity contribution in [3.8, 4) is 0 Å². The van der Waals surface area contributed by atoms with Gasteiger partial charge in [0.15, 0.2) is 0 Å². The van der Waals surface area contributed by atoms with E-state index in [2.05, 4.69) is 10.6 Å². The Hall–Kier alpha value is -2.18. The van der Waals surface area contributed by atoms with E-state index in [-0.39, 0.29) is 22.8 Å². The van der Waals surface area contributed by atoms with E-state index in [0.717, 1.165) is 11.6 Å². The Morgan fingerprint density at radius 2 is 1.96 bits per heavy atom. The average molecular weight is 341 g/mol. The summed E-state index contributed by atoms with van der Waals surface area (Å²) in [7, 11) is 0. The quantitative estimate of drug-likeness (QED) is 0.793. The number of urea groups is 1. The number of hydrogen-bond donors (Lipinski definition) is 3. The lowest BCUT2D eigenvalue weighted by Gasteiger charge is -2.14. The van der Waals surface area contributed by atoms with Gasteiger partial charge >= 0.3 is 6.03 Å². The fourth-order valence-corrected chi connectivity index (χ4v) is 2.05. The van der Waals surface area contributed by atoms with E-state index in [4.69, 9.17) is 11.6 Å². The smallest absolute Gasteiger partial charge is 0.319 e. The number of carbonyl (C=O) groups excluding carboxylic acids is 1. The van der Waals surface area contributed by atoms with Crippen LogP contribution in [0.15, 0.2) is 36.4 Å². The Morgan fingerprint density at radius 1 is 1.22 bits per heavy atom. The normalized spacial score (nSPS) is 11.9. The molecule has 2 rings (SSSR count). The molecule has 0 aromatic heterocycles. The van der Waals surface area contributed by atoms with Crippen molar-refractivity contribution in [1.29, 1.82) is 0 Å². The summed E-state index contributed by atoms with van der Waals surface area (Å²) in [5, 5.41) is 14.6. The zero-order valence-corrected chi connectivity index (χ0v) is 13.0. The maximum atomic E-state index is 13.5. The molecule has 0 heterocycles. The minimum absolute atomic E-state index is 0.0366. The number of aliphatic hydroxyl groups is 1. The van der Waals surface area contributed by atoms with Gasteiger partial charge in [-0.2, -0.15) is 0 Å². The molecule has 2 aromatic rings. The molecule has 7 heteroatoms. The molecule has 122 valence electrons. The van der Waals surface area contributed by atoms with Gasteiger partial charge in [0.1, 0.15) is 11.6 Å². The minimum atomic E-state index is -1.12. The molecule has 0 bridgehead atoms. The molecule has 2 amide bonds. The summed E-state index contributed by atoms with van der Waals surface area (Å²) in [5.74, 6) is -1.22. The summed E-state index contributed by atoms with van der Waals surface area (Å²) in [6.45, 7) is 1.60. The van der Waals surface area contributed by atoms with Gasteiger partial charge in [0.05, 0.1) is 16.8 Å². The van der Waals surface area contributed by atoms with Crippen LogP contribution in [0, 0.1) is 18.6 Å². The highest BCUT2D eigenvalue weighted by Crippen LogP contribution is 2.20. The summed E-state index contributed by atoms with van der Waals surface area (Å²) in [4.78, 5) is 11.7. The summed E-state index contributed by atoms with van der Waals surface area (Å²) in [6.07, 6.45) is -1.12. The van der Waals surface area contributed by atoms with Gasteiger partial charge in [0.2, 0.25) is 0 Å². The first kappa shape index (κ1) is 17.2. The van der Waals surface area contributed by atoms with E-state index in [1.807, 2.05) is 0 Å². The Morgan fingerprint density at radius 3 is 2.65 bits per heavy atom. The van der Waals surface area contributed by atoms with Crippen LogP contribution in [-0.4, -0.2) is 17.7 Å². The molecular formula is C16H15ClF2N2O2. The fourth-order valence-electron chi connectivity index (χ4n) is 1.93. The monoisotopic (exact) mass is 340 g/mol. The van der Waals surface area contributed by atoms with Gasteiger partial charge in [-0.05, 0) is 42.3 Å². The van der Waals surface area contributed by atoms with Crippen molar-refractivity contribution in [2.24, 2.45) is 0 Å². The Bertz CT molecular complexity index is 725. The van der Waals surface area contributed by atoms with Crippen molar-refractivity contribution < 1.29 is 18.7 Å². The van der Waals surface area contributed by atoms with Crippen LogP contribution in [0.4, 0.5) is 19.3 Å². The summed E-state index contributed by atoms with van der Waals surface area (Å²) >= 11 is 5.56. The van der Waals surface area contributed by atoms with Crippen LogP contribution in [0.25, 0.3) is 0 Å². The number of amides is 2. The molecular weight excluding hydrogens is 326 g/mol. The number of rotatable bonds is 4. The SMILES string of the molecule is Cc1ccc(F)c(NC(=O)NCC(O)c2ccc(Cl)c(F)c2)c1. The molecule has 0 fully saturated rings. The van der Waals surface area contributed by atoms with Crippen molar-refractivity contribution in [3.63, 3.8) is 0 Å². The van der Waals surface area contributed by atoms with E-state index >= 15 is 0 Å². The van der Waals surface area contributed by atoms with Gasteiger partial charge < -0.3 is 15.7 Å². The van der Waals surface area contributed by atoms with Gasteiger partial charge in [-0.1, -0.05) is 23.7 Å². The van der Waals surface area contributed by atoms with E-state index in [9.17, 15) is 18.7 Å². The van der Waals surface area contributed by atoms with Crippen molar-refractivity contribution in [2.75, 3.05) is 11.9 Å². The molecule has 0 spiro atoms. The highest BCUT2D eigenvalue weighted by atomic mass is 35.5. The zero-order chi connectivity index (χ0) is 17.0. The van der Waals surface area contributed by atoms with Gasteiger partial charge in [-0.25, -0.2) is 13.6 Å². The third kappa shape index (κ3) is 4.64. The molecule has 1 atom stereocenters. The lowest BCUT2D eigenvalue weighted by molar-refractivity contribution is 0.174. The van der Waals surface area contributed by atoms with Crippen molar-refractivity contribution >= 4 is 23.3 Å². The lowest BCUT2D eigenvalue weighted by atomic mass is 10.1. The van der Waals surface area contributed by atoms with E-state index in [1.165, 1.54) is 24.3 Å². The molecule has 2 aromatic carbocycles. The van der Waals surface area contributed by atoms with Crippen LogP contribution in [0.1, 0.15) is 17.2 Å². The van der Waals surface area contributed by atoms with Crippen LogP contribution in [0.3, 0.4) is 0 Å². The van der Waals surface area contributed by atoms with Crippen molar-refractivity contribution in [1.82, 2.24) is 5.32 Å². The molecule has 0 aliphatic rings. The molecule has 23 heavy (non-hydrogen) atoms. The Labute approximate surface area is 137 Å². The maximum absolute atomic E-state index is 13.5. The van der Waals surface area contributed by atoms with E-state index in [1.54, 1.807) is 13.0 Å².